The lowest BCUT2D eigenvalue weighted by atomic mass is 9.98. The summed E-state index contributed by atoms with van der Waals surface area (Å²) in [7, 11) is -8.82. The summed E-state index contributed by atoms with van der Waals surface area (Å²) in [6, 6.07) is 37.1. The average Bonchev–Trinajstić information content (AvgIpc) is 3.87. The molecule has 0 saturated carbocycles. The van der Waals surface area contributed by atoms with Gasteiger partial charge in [-0.2, -0.15) is 0 Å². The molecule has 2 heterocycles. The van der Waals surface area contributed by atoms with E-state index >= 15 is 0 Å². The smallest absolute Gasteiger partial charge is 0.325 e. The van der Waals surface area contributed by atoms with Crippen LogP contribution in [0.3, 0.4) is 0 Å². The normalized spacial score (nSPS) is 13.9. The number of thiophene rings is 2. The van der Waals surface area contributed by atoms with Gasteiger partial charge in [0, 0.05) is 30.8 Å². The minimum atomic E-state index is -4.89. The highest BCUT2D eigenvalue weighted by Gasteiger charge is 2.56. The first-order valence-corrected chi connectivity index (χ1v) is 25.1. The van der Waals surface area contributed by atoms with Gasteiger partial charge in [0.2, 0.25) is 11.8 Å². The topological polar surface area (TPSA) is 151 Å². The Kier molecular flexibility index (Phi) is 13.5. The molecule has 2 aromatic heterocycles. The number of hydrogen-bond acceptors (Lipinski definition) is 8. The van der Waals surface area contributed by atoms with Gasteiger partial charge in [-0.15, -0.1) is 22.7 Å². The molecule has 0 aliphatic rings. The van der Waals surface area contributed by atoms with Crippen molar-refractivity contribution in [2.45, 2.75) is 38.0 Å². The number of benzene rings is 6. The molecule has 4 N–H and O–H groups in total. The van der Waals surface area contributed by atoms with Gasteiger partial charge in [-0.05, 0) is 143 Å². The molecule has 0 saturated heterocycles. The third-order valence-corrected chi connectivity index (χ3v) is 17.5. The van der Waals surface area contributed by atoms with Crippen molar-refractivity contribution in [1.29, 1.82) is 0 Å². The number of rotatable bonds is 12. The van der Waals surface area contributed by atoms with Gasteiger partial charge in [-0.1, -0.05) is 83.9 Å². The number of carbonyl (C=O) groups is 2. The molecular weight excluding hydrogens is 905 g/mol. The van der Waals surface area contributed by atoms with Crippen molar-refractivity contribution < 1.29 is 37.6 Å². The maximum atomic E-state index is 14.2. The van der Waals surface area contributed by atoms with Crippen LogP contribution in [-0.4, -0.2) is 34.8 Å². The van der Waals surface area contributed by atoms with Crippen LogP contribution in [0.1, 0.15) is 38.8 Å². The van der Waals surface area contributed by atoms with E-state index in [2.05, 4.69) is 10.6 Å². The molecule has 2 atom stereocenters. The van der Waals surface area contributed by atoms with E-state index in [-0.39, 0.29) is 18.8 Å². The maximum absolute atomic E-state index is 14.2. The Hall–Kier alpha value is -4.42. The van der Waals surface area contributed by atoms with Crippen molar-refractivity contribution in [1.82, 2.24) is 0 Å². The number of hydrogen-bond donors (Lipinski definition) is 4. The molecule has 0 fully saturated rings. The molecule has 62 heavy (non-hydrogen) atoms. The van der Waals surface area contributed by atoms with Crippen molar-refractivity contribution in [3.05, 3.63) is 153 Å². The lowest BCUT2D eigenvalue weighted by Crippen LogP contribution is -2.38. The fraction of sp³-hybridized carbons (Fsp3) is 0.174. The minimum Gasteiger partial charge on any atom is -0.325 e. The zero-order chi connectivity index (χ0) is 44.5. The van der Waals surface area contributed by atoms with Gasteiger partial charge in [0.1, 0.15) is 0 Å². The van der Waals surface area contributed by atoms with E-state index in [0.29, 0.717) is 32.4 Å². The van der Waals surface area contributed by atoms with Crippen LogP contribution in [0.5, 0.6) is 0 Å². The second-order valence-corrected chi connectivity index (χ2v) is 21.7. The van der Waals surface area contributed by atoms with Crippen LogP contribution in [0.2, 0.25) is 10.0 Å². The van der Waals surface area contributed by atoms with E-state index < -0.39 is 37.3 Å². The highest BCUT2D eigenvalue weighted by Crippen LogP contribution is 2.66. The van der Waals surface area contributed by atoms with Crippen LogP contribution >= 0.6 is 61.1 Å². The summed E-state index contributed by atoms with van der Waals surface area (Å²) in [6.45, 7) is 6.63. The number of anilines is 2. The Balaban J connectivity index is 0.000000188. The molecule has 8 aromatic rings. The number of halogens is 2. The molecular formula is C46H42Cl2N2O8P2S2. The van der Waals surface area contributed by atoms with Crippen LogP contribution in [0, 0.1) is 0 Å². The Morgan fingerprint density at radius 2 is 1.00 bits per heavy atom. The third kappa shape index (κ3) is 8.75. The van der Waals surface area contributed by atoms with Crippen LogP contribution < -0.4 is 10.6 Å². The van der Waals surface area contributed by atoms with E-state index in [9.17, 15) is 28.5 Å². The largest absolute Gasteiger partial charge is 0.350 e. The fourth-order valence-corrected chi connectivity index (χ4v) is 12.7. The summed E-state index contributed by atoms with van der Waals surface area (Å²) in [5.41, 5.74) is 1.88. The van der Waals surface area contributed by atoms with Gasteiger partial charge in [-0.3, -0.25) is 18.7 Å². The molecule has 0 aliphatic heterocycles. The predicted octanol–water partition coefficient (Wildman–Crippen LogP) is 13.6. The Morgan fingerprint density at radius 3 is 1.42 bits per heavy atom. The lowest BCUT2D eigenvalue weighted by Gasteiger charge is -2.34. The van der Waals surface area contributed by atoms with Gasteiger partial charge in [0.15, 0.2) is 10.3 Å². The van der Waals surface area contributed by atoms with Gasteiger partial charge >= 0.3 is 15.2 Å². The summed E-state index contributed by atoms with van der Waals surface area (Å²) < 4.78 is 39.8. The second kappa shape index (κ2) is 18.4. The van der Waals surface area contributed by atoms with Crippen molar-refractivity contribution >= 4 is 126 Å². The van der Waals surface area contributed by atoms with Crippen molar-refractivity contribution in [3.63, 3.8) is 0 Å². The summed E-state index contributed by atoms with van der Waals surface area (Å²) in [5, 5.41) is 11.7. The Labute approximate surface area is 376 Å². The van der Waals surface area contributed by atoms with E-state index in [1.807, 2.05) is 84.2 Å². The summed E-state index contributed by atoms with van der Waals surface area (Å²) >= 11 is 15.1. The molecule has 0 spiro atoms. The molecule has 10 nitrogen and oxygen atoms in total. The highest BCUT2D eigenvalue weighted by atomic mass is 35.5. The van der Waals surface area contributed by atoms with E-state index in [1.165, 1.54) is 29.6 Å². The predicted molar refractivity (Wildman–Crippen MR) is 256 cm³/mol. The highest BCUT2D eigenvalue weighted by molar-refractivity contribution is 7.56. The first kappa shape index (κ1) is 45.6. The fourth-order valence-electron chi connectivity index (χ4n) is 7.24. The standard InChI is InChI=1S/C25H25ClNO4PS.C21H17ClNO4PS/c1-4-30-32(29,31-5-2)25(3,22-16-33-23-13-11-19(26)15-21(22)23)24(28)27-20-12-10-17-8-6-7-9-18(17)14-20;1-21(28(25,26)27,18-12-29-19-9-7-15(22)11-17(18)19)20(24)23-16-8-6-13-4-2-3-5-14(13)10-16/h6-16H,4-5H2,1-3H3,(H,27,28);2-12H,1H3,(H,23,24)(H2,25,26,27). The van der Waals surface area contributed by atoms with Crippen LogP contribution in [0.25, 0.3) is 41.7 Å². The maximum Gasteiger partial charge on any atom is 0.350 e. The van der Waals surface area contributed by atoms with Crippen molar-refractivity contribution in [3.8, 4) is 0 Å². The van der Waals surface area contributed by atoms with E-state index in [1.54, 1.807) is 68.6 Å². The molecule has 6 aromatic carbocycles. The Morgan fingerprint density at radius 1 is 0.597 bits per heavy atom. The summed E-state index contributed by atoms with van der Waals surface area (Å²) in [4.78, 5) is 47.5. The van der Waals surface area contributed by atoms with Gasteiger partial charge in [0.25, 0.3) is 0 Å². The van der Waals surface area contributed by atoms with Gasteiger partial charge in [-0.25, -0.2) is 0 Å². The third-order valence-electron chi connectivity index (χ3n) is 10.7. The number of carbonyl (C=O) groups excluding carboxylic acids is 2. The van der Waals surface area contributed by atoms with E-state index in [0.717, 1.165) is 36.3 Å². The molecule has 320 valence electrons. The molecule has 2 amide bonds. The summed E-state index contributed by atoms with van der Waals surface area (Å²) in [5.74, 6) is -1.25. The molecule has 0 radical (unpaired) electrons. The lowest BCUT2D eigenvalue weighted by molar-refractivity contribution is -0.119. The molecule has 16 heteroatoms. The molecule has 0 bridgehead atoms. The second-order valence-electron chi connectivity index (χ2n) is 14.6. The number of nitrogens with one attached hydrogen (secondary N) is 2. The first-order chi connectivity index (χ1) is 29.5. The zero-order valence-electron chi connectivity index (χ0n) is 33.9. The monoisotopic (exact) mass is 946 g/mol. The van der Waals surface area contributed by atoms with Gasteiger partial charge in [0.05, 0.1) is 13.2 Å². The minimum absolute atomic E-state index is 0.138. The molecule has 2 unspecified atom stereocenters. The quantitative estimate of drug-likeness (QED) is 0.0884. The van der Waals surface area contributed by atoms with Crippen molar-refractivity contribution in [2.75, 3.05) is 23.8 Å². The SMILES string of the molecule is CC(C(=O)Nc1ccc2ccccc2c1)(c1csc2ccc(Cl)cc12)P(=O)(O)O.CCOP(=O)(OCC)C(C)(C(=O)Nc1ccc2ccccc2c1)c1csc2ccc(Cl)cc12. The van der Waals surface area contributed by atoms with Crippen LogP contribution in [0.4, 0.5) is 11.4 Å². The Bertz CT molecular complexity index is 3070. The molecule has 0 aliphatic carbocycles. The number of amides is 2. The molecule has 8 rings (SSSR count). The van der Waals surface area contributed by atoms with Crippen LogP contribution in [0.15, 0.2) is 132 Å². The van der Waals surface area contributed by atoms with Crippen LogP contribution in [-0.2, 0) is 38.1 Å². The van der Waals surface area contributed by atoms with Gasteiger partial charge < -0.3 is 29.5 Å². The first-order valence-electron chi connectivity index (χ1n) is 19.4. The number of fused-ring (bicyclic) bond motifs is 4. The zero-order valence-corrected chi connectivity index (χ0v) is 38.9. The van der Waals surface area contributed by atoms with E-state index in [4.69, 9.17) is 32.2 Å². The summed E-state index contributed by atoms with van der Waals surface area (Å²) in [6.07, 6.45) is 0. The van der Waals surface area contributed by atoms with Crippen molar-refractivity contribution in [2.24, 2.45) is 0 Å². The average molecular weight is 948 g/mol.